The lowest BCUT2D eigenvalue weighted by Crippen LogP contribution is -2.29. The second-order valence-electron chi connectivity index (χ2n) is 9.30. The number of nitroso groups, excluding NO2 is 1. The van der Waals surface area contributed by atoms with Crippen LogP contribution in [0.3, 0.4) is 0 Å². The van der Waals surface area contributed by atoms with E-state index in [0.29, 0.717) is 23.4 Å². The van der Waals surface area contributed by atoms with Crippen molar-refractivity contribution in [2.75, 3.05) is 19.8 Å². The van der Waals surface area contributed by atoms with Gasteiger partial charge >= 0.3 is 5.97 Å². The van der Waals surface area contributed by atoms with Crippen LogP contribution in [-0.4, -0.2) is 35.4 Å². The van der Waals surface area contributed by atoms with Crippen molar-refractivity contribution >= 4 is 5.97 Å². The van der Waals surface area contributed by atoms with Gasteiger partial charge in [0.05, 0.1) is 25.5 Å². The number of nitrogens with zero attached hydrogens (tertiary/aromatic N) is 2. The van der Waals surface area contributed by atoms with E-state index in [1.165, 1.54) is 6.07 Å². The van der Waals surface area contributed by atoms with E-state index in [1.54, 1.807) is 25.3 Å². The van der Waals surface area contributed by atoms with Crippen LogP contribution in [-0.2, 0) is 11.2 Å². The molecule has 1 aromatic heterocycles. The number of hydrogen-bond acceptors (Lipinski definition) is 7. The fourth-order valence-corrected chi connectivity index (χ4v) is 3.91. The number of phenolic OH excluding ortho intramolecular Hbond substituents is 1. The largest absolute Gasteiger partial charge is 0.504 e. The average molecular weight is 443 g/mol. The first-order chi connectivity index (χ1) is 15.1. The number of aromatic hydroxyl groups is 1. The Kier molecular flexibility index (Phi) is 6.71. The van der Waals surface area contributed by atoms with E-state index in [9.17, 15) is 19.6 Å². The molecule has 172 valence electrons. The normalized spacial score (nSPS) is 15.1. The third-order valence-electron chi connectivity index (χ3n) is 5.70. The third-order valence-corrected chi connectivity index (χ3v) is 5.70. The molecule has 0 bridgehead atoms. The predicted molar refractivity (Wildman–Crippen MR) is 121 cm³/mol. The van der Waals surface area contributed by atoms with Crippen LogP contribution in [0.2, 0.25) is 0 Å². The van der Waals surface area contributed by atoms with E-state index in [-0.39, 0.29) is 43.0 Å². The molecular weight excluding hydrogens is 412 g/mol. The molecule has 2 heterocycles. The third kappa shape index (κ3) is 4.69. The number of hydrogen-bond donors (Lipinski definition) is 1. The van der Waals surface area contributed by atoms with E-state index in [4.69, 9.17) is 9.47 Å². The molecule has 1 aliphatic heterocycles. The van der Waals surface area contributed by atoms with Crippen molar-refractivity contribution < 1.29 is 19.4 Å². The van der Waals surface area contributed by atoms with Crippen LogP contribution >= 0.6 is 0 Å². The van der Waals surface area contributed by atoms with Gasteiger partial charge in [-0.25, -0.2) is 4.79 Å². The van der Waals surface area contributed by atoms with E-state index < -0.39 is 16.8 Å². The lowest BCUT2D eigenvalue weighted by atomic mass is 9.87. The van der Waals surface area contributed by atoms with Crippen LogP contribution < -0.4 is 10.2 Å². The molecule has 1 aliphatic rings. The van der Waals surface area contributed by atoms with Gasteiger partial charge in [0.15, 0.2) is 16.9 Å². The zero-order valence-corrected chi connectivity index (χ0v) is 19.2. The summed E-state index contributed by atoms with van der Waals surface area (Å²) in [6.07, 6.45) is 2.21. The van der Waals surface area contributed by atoms with Gasteiger partial charge in [-0.15, -0.1) is 0 Å². The molecule has 1 N–H and O–H groups in total. The molecule has 0 spiro atoms. The zero-order chi connectivity index (χ0) is 23.6. The van der Waals surface area contributed by atoms with E-state index in [0.717, 1.165) is 5.56 Å². The summed E-state index contributed by atoms with van der Waals surface area (Å²) in [6, 6.07) is 4.80. The van der Waals surface area contributed by atoms with Crippen LogP contribution in [0, 0.1) is 16.2 Å². The maximum absolute atomic E-state index is 12.7. The molecule has 1 unspecified atom stereocenters. The molecule has 8 nitrogen and oxygen atoms in total. The minimum atomic E-state index is -0.639. The first-order valence-electron chi connectivity index (χ1n) is 10.8. The Labute approximate surface area is 187 Å². The summed E-state index contributed by atoms with van der Waals surface area (Å²) in [4.78, 5) is 35.6. The number of ether oxygens (including phenoxy) is 2. The maximum atomic E-state index is 12.7. The second-order valence-corrected chi connectivity index (χ2v) is 9.30. The zero-order valence-electron chi connectivity index (χ0n) is 19.2. The molecular formula is C24H30N2O6. The van der Waals surface area contributed by atoms with Crippen molar-refractivity contribution in [3.8, 4) is 22.8 Å². The number of esters is 1. The van der Waals surface area contributed by atoms with Crippen molar-refractivity contribution in [2.45, 2.75) is 47.1 Å². The van der Waals surface area contributed by atoms with Crippen molar-refractivity contribution in [1.82, 2.24) is 4.57 Å². The van der Waals surface area contributed by atoms with Crippen LogP contribution in [0.5, 0.6) is 11.5 Å². The number of aromatic nitrogens is 1. The lowest BCUT2D eigenvalue weighted by Gasteiger charge is -2.34. The molecule has 32 heavy (non-hydrogen) atoms. The maximum Gasteiger partial charge on any atom is 0.343 e. The molecule has 8 heteroatoms. The van der Waals surface area contributed by atoms with Gasteiger partial charge in [-0.3, -0.25) is 4.79 Å². The summed E-state index contributed by atoms with van der Waals surface area (Å²) < 4.78 is 12.8. The smallest absolute Gasteiger partial charge is 0.343 e. The van der Waals surface area contributed by atoms with E-state index in [1.807, 2.05) is 18.4 Å². The lowest BCUT2D eigenvalue weighted by molar-refractivity contribution is 0.0523. The second kappa shape index (κ2) is 9.14. The number of pyridine rings is 1. The van der Waals surface area contributed by atoms with Crippen LogP contribution in [0.25, 0.3) is 11.3 Å². The minimum absolute atomic E-state index is 0.0000980. The van der Waals surface area contributed by atoms with Crippen LogP contribution in [0.1, 0.15) is 56.6 Å². The number of rotatable bonds is 8. The van der Waals surface area contributed by atoms with Crippen LogP contribution in [0.15, 0.2) is 34.4 Å². The van der Waals surface area contributed by atoms with Gasteiger partial charge in [0.25, 0.3) is 0 Å². The molecule has 1 aromatic carbocycles. The summed E-state index contributed by atoms with van der Waals surface area (Å²) in [5, 5.41) is 13.6. The fourth-order valence-electron chi connectivity index (χ4n) is 3.91. The van der Waals surface area contributed by atoms with Gasteiger partial charge in [-0.2, -0.15) is 4.91 Å². The number of fused-ring (bicyclic) bond motifs is 3. The summed E-state index contributed by atoms with van der Waals surface area (Å²) in [5.41, 5.74) is 1.40. The summed E-state index contributed by atoms with van der Waals surface area (Å²) in [5.74, 6) is -0.158. The highest BCUT2D eigenvalue weighted by Crippen LogP contribution is 2.42. The van der Waals surface area contributed by atoms with E-state index in [2.05, 4.69) is 19.0 Å². The summed E-state index contributed by atoms with van der Waals surface area (Å²) >= 11 is 0. The van der Waals surface area contributed by atoms with Gasteiger partial charge in [0.1, 0.15) is 5.56 Å². The highest BCUT2D eigenvalue weighted by Gasteiger charge is 2.30. The van der Waals surface area contributed by atoms with Gasteiger partial charge in [-0.05, 0) is 37.0 Å². The Morgan fingerprint density at radius 3 is 2.66 bits per heavy atom. The quantitative estimate of drug-likeness (QED) is 0.482. The Balaban J connectivity index is 2.06. The van der Waals surface area contributed by atoms with Crippen LogP contribution in [0.4, 0.5) is 0 Å². The van der Waals surface area contributed by atoms with Gasteiger partial charge in [0, 0.05) is 29.3 Å². The number of carbonyl (C=O) groups excluding carboxylic acids is 1. The molecule has 0 aliphatic carbocycles. The Morgan fingerprint density at radius 1 is 1.31 bits per heavy atom. The molecule has 3 rings (SSSR count). The molecule has 2 aromatic rings. The average Bonchev–Trinajstić information content (AvgIpc) is 2.71. The van der Waals surface area contributed by atoms with Crippen molar-refractivity contribution in [2.24, 2.45) is 16.5 Å². The molecule has 0 radical (unpaired) electrons. The molecule has 0 fully saturated rings. The molecule has 0 saturated heterocycles. The summed E-state index contributed by atoms with van der Waals surface area (Å²) in [6.45, 7) is 10.1. The van der Waals surface area contributed by atoms with Gasteiger partial charge < -0.3 is 19.1 Å². The minimum Gasteiger partial charge on any atom is -0.504 e. The van der Waals surface area contributed by atoms with Gasteiger partial charge in [0.2, 0.25) is 0 Å². The Hall–Kier alpha value is -3.16. The Bertz CT molecular complexity index is 1090. The standard InChI is InChI=1S/C24H30N2O6/c1-6-31-23(29)17-11-26-18(14(2)3)7-15-8-22(32-13-24(4,5)12-25-30)21(28)9-16(15)19(26)10-20(17)27/h8-11,14,18,28H,6-7,12-13H2,1-5H3. The molecule has 1 atom stereocenters. The number of carbonyl (C=O) groups is 1. The first kappa shape index (κ1) is 23.5. The highest BCUT2D eigenvalue weighted by molar-refractivity contribution is 5.89. The molecule has 0 amide bonds. The topological polar surface area (TPSA) is 107 Å². The molecule has 0 saturated carbocycles. The van der Waals surface area contributed by atoms with Gasteiger partial charge in [-0.1, -0.05) is 32.9 Å². The number of phenols is 1. The Morgan fingerprint density at radius 2 is 2.03 bits per heavy atom. The van der Waals surface area contributed by atoms with E-state index >= 15 is 0 Å². The highest BCUT2D eigenvalue weighted by atomic mass is 16.5. The van der Waals surface area contributed by atoms with Crippen molar-refractivity contribution in [3.63, 3.8) is 0 Å². The summed E-state index contributed by atoms with van der Waals surface area (Å²) in [7, 11) is 0. The monoisotopic (exact) mass is 442 g/mol. The SMILES string of the molecule is CCOC(=O)c1cn2c(cc1=O)-c1cc(O)c(OCC(C)(C)CN=O)cc1CC2C(C)C. The number of benzene rings is 1. The fraction of sp³-hybridized carbons (Fsp3) is 0.500. The van der Waals surface area contributed by atoms with Crippen molar-refractivity contribution in [1.29, 1.82) is 0 Å². The van der Waals surface area contributed by atoms with Crippen molar-refractivity contribution in [3.05, 3.63) is 50.7 Å². The first-order valence-corrected chi connectivity index (χ1v) is 10.8. The predicted octanol–water partition coefficient (Wildman–Crippen LogP) is 4.32.